The first kappa shape index (κ1) is 116. The van der Waals surface area contributed by atoms with Gasteiger partial charge in [0.05, 0.1) is 53.9 Å². The normalized spacial score (nSPS) is 25.1. The molecule has 4 unspecified atom stereocenters. The predicted octanol–water partition coefficient (Wildman–Crippen LogP) is 12.2. The molecule has 6 bridgehead atoms. The Kier molecular flexibility index (Phi) is 40.5. The molecule has 9 aliphatic carbocycles. The van der Waals surface area contributed by atoms with Crippen LogP contribution in [0.3, 0.4) is 0 Å². The van der Waals surface area contributed by atoms with E-state index in [2.05, 4.69) is 170 Å². The molecule has 39 heteroatoms. The van der Waals surface area contributed by atoms with Gasteiger partial charge >= 0.3 is 326 Å². The Morgan fingerprint density at radius 1 is 0.425 bits per heavy atom. The Balaban J connectivity index is 0.000000175. The second-order valence-corrected chi connectivity index (χ2v) is 45.1. The first-order valence-corrected chi connectivity index (χ1v) is 51.5. The Bertz CT molecular complexity index is 5560. The molecule has 146 heavy (non-hydrogen) atoms. The SMILES string of the molecule is CC(C)C[C@H](N)B1OC2CC3CC(C3(C)C)C2(C)O1.Cc1ccc(C[C@H](N=CB=O)C(=O)N[C@@H](CC(C)C)B2O[C@@H]3C[C@@H]4C[C@@H](C4(C)C)[C@]3(C)O2)cc1.Cc1ccc(C[C@H](N=CB=O)C(=O)O)cc1.Cc1ccc(C[C@H](NC(=O)c2cnccn2)C(=O)N[C@@H](CC(C)C)B(O)O)cc1.Cc1ccc(C[C@H](NC(=O)c2cnccn2)C(=O)N[C@@H](CC(C)C)B2O[C@@H]3C[C@@H]4C[C@@H](C4(C)C)[C@]3(C)O2)cc1.O=C(O)c1cnccn1. The number of rotatable bonds is 36. The smallest absolute Gasteiger partial charge is 0.476 e. The van der Waals surface area contributed by atoms with Crippen LogP contribution in [0.5, 0.6) is 0 Å². The third-order valence-corrected chi connectivity index (χ3v) is 31.3. The molecule has 780 valence electrons. The first-order valence-electron chi connectivity index (χ1n) is 51.5. The molecule has 33 nitrogen and oxygen atoms in total. The minimum absolute atomic E-state index is 0.00253. The summed E-state index contributed by atoms with van der Waals surface area (Å²) in [4.78, 5) is 117. The van der Waals surface area contributed by atoms with Crippen molar-refractivity contribution in [2.75, 3.05) is 0 Å². The number of carbonyl (C=O) groups is 7. The molecule has 5 amide bonds. The summed E-state index contributed by atoms with van der Waals surface area (Å²) in [5, 5.41) is 51.0. The fraction of sp³-hybridized carbons (Fsp3) is 0.579. The topological polar surface area (TPSA) is 478 Å². The second-order valence-electron chi connectivity index (χ2n) is 45.1. The van der Waals surface area contributed by atoms with E-state index in [1.54, 1.807) is 0 Å². The third kappa shape index (κ3) is 29.7. The Morgan fingerprint density at radius 2 is 0.740 bits per heavy atom. The molecule has 4 aromatic carbocycles. The van der Waals surface area contributed by atoms with Crippen LogP contribution in [0, 0.1) is 103 Å². The number of aryl methyl sites for hydroxylation is 4. The number of nitrogens with zero attached hydrogens (tertiary/aromatic N) is 8. The minimum atomic E-state index is -1.70. The van der Waals surface area contributed by atoms with Gasteiger partial charge in [-0.3, -0.25) is 34.1 Å². The quantitative estimate of drug-likeness (QED) is 0.0129. The number of hydrogen-bond acceptors (Lipinski definition) is 26. The maximum Gasteiger partial charge on any atom is 0.481 e. The van der Waals surface area contributed by atoms with Gasteiger partial charge in [0.1, 0.15) is 23.5 Å². The van der Waals surface area contributed by atoms with Crippen LogP contribution in [0.1, 0.15) is 258 Å². The van der Waals surface area contributed by atoms with E-state index in [0.29, 0.717) is 99.2 Å². The summed E-state index contributed by atoms with van der Waals surface area (Å²) >= 11 is 0. The van der Waals surface area contributed by atoms with E-state index < -0.39 is 81.1 Å². The number of carboxylic acid groups (broad SMARTS) is 2. The van der Waals surface area contributed by atoms with Crippen molar-refractivity contribution < 1.29 is 91.2 Å². The molecule has 7 aromatic rings. The van der Waals surface area contributed by atoms with Crippen molar-refractivity contribution in [2.45, 2.75) is 318 Å². The van der Waals surface area contributed by atoms with Crippen LogP contribution in [0.15, 0.2) is 163 Å². The first-order chi connectivity index (χ1) is 68.9. The summed E-state index contributed by atoms with van der Waals surface area (Å²) in [5.41, 5.74) is 14.8. The van der Waals surface area contributed by atoms with Crippen LogP contribution in [0.25, 0.3) is 0 Å². The number of carbonyl (C=O) groups excluding carboxylic acids is 5. The zero-order valence-corrected chi connectivity index (χ0v) is 88.6. The average Bonchev–Trinajstić information content (AvgIpc) is 1.70. The van der Waals surface area contributed by atoms with Crippen LogP contribution in [-0.4, -0.2) is 230 Å². The van der Waals surface area contributed by atoms with Gasteiger partial charge in [0.2, 0.25) is 11.8 Å². The summed E-state index contributed by atoms with van der Waals surface area (Å²) in [6.07, 6.45) is 25.9. The van der Waals surface area contributed by atoms with Gasteiger partial charge in [0.25, 0.3) is 11.8 Å². The van der Waals surface area contributed by atoms with Gasteiger partial charge < -0.3 is 60.8 Å². The molecule has 20 atom stereocenters. The van der Waals surface area contributed by atoms with Crippen molar-refractivity contribution in [1.29, 1.82) is 0 Å². The number of amides is 5. The average molecular weight is 2000 g/mol. The Labute approximate surface area is 863 Å². The molecule has 19 rings (SSSR count). The number of nitrogens with two attached hydrogens (primary N) is 1. The van der Waals surface area contributed by atoms with Crippen molar-refractivity contribution >= 4 is 96.5 Å². The predicted molar refractivity (Wildman–Crippen MR) is 562 cm³/mol. The molecular formula is C107H150B6N14O19. The number of carboxylic acids is 2. The molecule has 12 aliphatic rings. The van der Waals surface area contributed by atoms with Gasteiger partial charge in [-0.25, -0.2) is 19.7 Å². The fourth-order valence-electron chi connectivity index (χ4n) is 22.6. The molecular weight excluding hydrogens is 1850 g/mol. The fourth-order valence-corrected chi connectivity index (χ4v) is 22.6. The van der Waals surface area contributed by atoms with Crippen molar-refractivity contribution in [3.8, 4) is 0 Å². The van der Waals surface area contributed by atoms with Gasteiger partial charge in [-0.2, -0.15) is 0 Å². The maximum absolute atomic E-state index is 13.8. The van der Waals surface area contributed by atoms with E-state index in [9.17, 15) is 53.0 Å². The molecule has 3 aromatic heterocycles. The van der Waals surface area contributed by atoms with E-state index in [4.69, 9.17) is 43.9 Å². The molecule has 9 saturated carbocycles. The molecule has 0 spiro atoms. The van der Waals surface area contributed by atoms with E-state index in [0.717, 1.165) is 88.6 Å². The zero-order valence-electron chi connectivity index (χ0n) is 88.6. The van der Waals surface area contributed by atoms with Gasteiger partial charge in [-0.1, -0.05) is 129 Å². The third-order valence-electron chi connectivity index (χ3n) is 31.3. The van der Waals surface area contributed by atoms with Crippen molar-refractivity contribution in [1.82, 2.24) is 56.5 Å². The van der Waals surface area contributed by atoms with Crippen molar-refractivity contribution in [2.24, 2.45) is 91.1 Å². The Morgan fingerprint density at radius 3 is 1.05 bits per heavy atom. The van der Waals surface area contributed by atoms with E-state index in [1.807, 2.05) is 139 Å². The number of nitrogens with one attached hydrogen (secondary N) is 5. The van der Waals surface area contributed by atoms with E-state index >= 15 is 0 Å². The van der Waals surface area contributed by atoms with E-state index in [1.165, 1.54) is 81.1 Å². The van der Waals surface area contributed by atoms with Gasteiger partial charge in [-0.05, 0) is 136 Å². The Hall–Kier alpha value is -10.6. The number of aromatic carboxylic acids is 1. The van der Waals surface area contributed by atoms with E-state index in [-0.39, 0.29) is 112 Å². The summed E-state index contributed by atoms with van der Waals surface area (Å²) in [7, 11) is -1.82. The monoisotopic (exact) mass is 2000 g/mol. The second kappa shape index (κ2) is 51.1. The molecule has 12 fully saturated rings. The summed E-state index contributed by atoms with van der Waals surface area (Å²) < 4.78 is 60.0. The largest absolute Gasteiger partial charge is 0.481 e. The number of aliphatic imine (C=N–C) groups is 2. The number of benzene rings is 4. The molecule has 3 aliphatic heterocycles. The summed E-state index contributed by atoms with van der Waals surface area (Å²) in [6.45, 7) is 45.5. The number of hydrogen-bond donors (Lipinski definition) is 10. The number of aliphatic carboxylic acids is 1. The van der Waals surface area contributed by atoms with Gasteiger partial charge in [-0.15, -0.1) is 0 Å². The van der Waals surface area contributed by atoms with Crippen LogP contribution in [0.2, 0.25) is 0 Å². The van der Waals surface area contributed by atoms with Crippen LogP contribution in [-0.2, 0) is 82.2 Å². The summed E-state index contributed by atoms with van der Waals surface area (Å²) in [6, 6.07) is 27.9. The molecule has 3 saturated heterocycles. The van der Waals surface area contributed by atoms with Crippen LogP contribution in [0.4, 0.5) is 0 Å². The van der Waals surface area contributed by atoms with Crippen LogP contribution >= 0.6 is 0 Å². The van der Waals surface area contributed by atoms with Gasteiger partial charge in [0.15, 0.2) is 5.69 Å². The summed E-state index contributed by atoms with van der Waals surface area (Å²) in [5.74, 6) is -0.418. The van der Waals surface area contributed by atoms with Gasteiger partial charge in [0, 0.05) is 56.0 Å². The molecule has 6 heterocycles. The van der Waals surface area contributed by atoms with Crippen molar-refractivity contribution in [3.05, 3.63) is 214 Å². The maximum atomic E-state index is 13.8. The number of aromatic nitrogens is 6. The molecule has 11 N–H and O–H groups in total. The standard InChI is InChI=1S/C30H41BN4O4.C26H38B2N2O4.C20H27BN4O4.C15H28BNO2.C11H12BNO3.C5H4N2O2/c1-18(2)13-26(31-38-25-16-21-15-24(29(21,4)5)30(25,6)39-31)35-27(36)22(14-20-9-7-19(3)8-10-20)34-28(37)23-17-32-11-12-33-23;1-16(2)11-23(28-33-22-14-19-13-21(25(19,4)5)26(22,6)34-28)30-24(31)20(29-15-27-32)12-18-9-7-17(3)8-10-18;1-13(2)10-18(21(28)29)25-19(26)16(11-15-6-4-14(3)5-7-15)24-20(27)17-12-22-8-9-23-17;1-9(2)6-13(17)16-18-12-8-10-7-11(14(10,3)4)15(12,5)19-16;1-8-2-4-9(5-3-8)6-10(11(14)15)13-7-12-16;8-5(9)4-3-6-1-2-7-4/h7-12,17-18,21-22,24-26H,13-16H2,1-6H3,(H,34,37)(H,35,36);7-10,15-16,19-23H,11-14H2,1-6H3,(H,30,31);4-9,12-13,16,18,28-29H,10-11H2,1-3H3,(H,24,27)(H,25,26);9-13H,6-8,17H2,1-5H3;2-5,7,10H,6H2,1H3,(H,14,15);1-3H,(H,8,9)/t21-,22-,24-,25+,26-,30-;19-,20-,21-,22+,23-,26-;16-,18-;10?,11?,12?,13-,15?;10-;/m00000./s1. The zero-order chi connectivity index (χ0) is 107. The van der Waals surface area contributed by atoms with Crippen molar-refractivity contribution in [3.63, 3.8) is 0 Å². The molecule has 0 radical (unpaired) electrons. The van der Waals surface area contributed by atoms with Crippen LogP contribution < -0.4 is 32.3 Å². The minimum Gasteiger partial charge on any atom is -0.476 e.